The monoisotopic (exact) mass is 483 g/mol. The Morgan fingerprint density at radius 2 is 1.64 bits per heavy atom. The maximum Gasteiger partial charge on any atom is 0.269 e. The lowest BCUT2D eigenvalue weighted by Gasteiger charge is -2.24. The van der Waals surface area contributed by atoms with Crippen molar-refractivity contribution in [2.24, 2.45) is 0 Å². The number of carbonyl (C=O) groups excluding carboxylic acids is 1. The zero-order valence-corrected chi connectivity index (χ0v) is 20.4. The van der Waals surface area contributed by atoms with Crippen molar-refractivity contribution in [3.63, 3.8) is 0 Å². The highest BCUT2D eigenvalue weighted by molar-refractivity contribution is 5.81. The summed E-state index contributed by atoms with van der Waals surface area (Å²) in [5.74, 6) is -0.106. The second-order valence-corrected chi connectivity index (χ2v) is 8.88. The molecule has 0 saturated carbocycles. The van der Waals surface area contributed by atoms with Gasteiger partial charge in [0.2, 0.25) is 5.91 Å². The van der Waals surface area contributed by atoms with Crippen LogP contribution in [0.15, 0.2) is 91.1 Å². The summed E-state index contributed by atoms with van der Waals surface area (Å²) >= 11 is 0. The molecule has 3 aromatic carbocycles. The number of rotatable bonds is 10. The van der Waals surface area contributed by atoms with Crippen LogP contribution < -0.4 is 5.32 Å². The normalized spacial score (nSPS) is 11.9. The number of hydrogen-bond donors (Lipinski definition) is 1. The lowest BCUT2D eigenvalue weighted by atomic mass is 10.0. The first kappa shape index (κ1) is 24.8. The summed E-state index contributed by atoms with van der Waals surface area (Å²) in [6, 6.07) is 26.2. The van der Waals surface area contributed by atoms with Gasteiger partial charge in [0.25, 0.3) is 5.69 Å². The first-order valence-corrected chi connectivity index (χ1v) is 11.8. The molecule has 1 atom stereocenters. The summed E-state index contributed by atoms with van der Waals surface area (Å²) in [5.41, 5.74) is 4.17. The first-order chi connectivity index (χ1) is 17.4. The Kier molecular flexibility index (Phi) is 7.87. The Morgan fingerprint density at radius 3 is 2.25 bits per heavy atom. The number of amides is 1. The van der Waals surface area contributed by atoms with E-state index in [2.05, 4.69) is 22.3 Å². The number of nitrogens with one attached hydrogen (secondary N) is 1. The van der Waals surface area contributed by atoms with Crippen LogP contribution in [0.4, 0.5) is 5.69 Å². The van der Waals surface area contributed by atoms with Crippen molar-refractivity contribution in [2.75, 3.05) is 20.6 Å². The average Bonchev–Trinajstić information content (AvgIpc) is 3.31. The molecule has 184 valence electrons. The third-order valence-corrected chi connectivity index (χ3v) is 6.09. The minimum Gasteiger partial charge on any atom is -0.354 e. The summed E-state index contributed by atoms with van der Waals surface area (Å²) < 4.78 is 1.73. The van der Waals surface area contributed by atoms with Crippen LogP contribution >= 0.6 is 0 Å². The molecule has 0 aliphatic rings. The molecule has 1 heterocycles. The maximum atomic E-state index is 13.0. The molecule has 1 amide bonds. The van der Waals surface area contributed by atoms with Gasteiger partial charge in [-0.05, 0) is 50.3 Å². The second-order valence-electron chi connectivity index (χ2n) is 8.88. The molecule has 1 unspecified atom stereocenters. The predicted molar refractivity (Wildman–Crippen MR) is 140 cm³/mol. The fraction of sp³-hybridized carbons (Fsp3) is 0.214. The molecular formula is C28H29N5O3. The number of nitro benzene ring substituents is 1. The maximum absolute atomic E-state index is 13.0. The summed E-state index contributed by atoms with van der Waals surface area (Å²) in [6.07, 6.45) is 2.82. The van der Waals surface area contributed by atoms with Gasteiger partial charge in [-0.2, -0.15) is 5.10 Å². The molecule has 0 bridgehead atoms. The van der Waals surface area contributed by atoms with E-state index in [1.807, 2.05) is 68.8 Å². The third-order valence-electron chi connectivity index (χ3n) is 6.09. The molecule has 8 nitrogen and oxygen atoms in total. The zero-order valence-electron chi connectivity index (χ0n) is 20.4. The van der Waals surface area contributed by atoms with Gasteiger partial charge in [-0.25, -0.2) is 4.68 Å². The van der Waals surface area contributed by atoms with Crippen molar-refractivity contribution < 1.29 is 9.72 Å². The Morgan fingerprint density at radius 1 is 1.00 bits per heavy atom. The minimum absolute atomic E-state index is 0.00804. The SMILES string of the molecule is CN(C)C(CNC(=O)Cc1cn(-c2ccccc2)nc1-c1ccc([N+](=O)[O-])cc1)Cc1ccccc1. The van der Waals surface area contributed by atoms with Crippen LogP contribution in [0, 0.1) is 10.1 Å². The van der Waals surface area contributed by atoms with Crippen LogP contribution in [0.5, 0.6) is 0 Å². The van der Waals surface area contributed by atoms with Crippen LogP contribution in [0.2, 0.25) is 0 Å². The molecule has 0 radical (unpaired) electrons. The number of likely N-dealkylation sites (N-methyl/N-ethyl adjacent to an activating group) is 1. The van der Waals surface area contributed by atoms with Crippen LogP contribution in [0.25, 0.3) is 16.9 Å². The molecular weight excluding hydrogens is 454 g/mol. The molecule has 8 heteroatoms. The number of nitrogens with zero attached hydrogens (tertiary/aromatic N) is 4. The number of carbonyl (C=O) groups is 1. The molecule has 0 spiro atoms. The second kappa shape index (κ2) is 11.4. The van der Waals surface area contributed by atoms with E-state index in [4.69, 9.17) is 5.10 Å². The summed E-state index contributed by atoms with van der Waals surface area (Å²) in [7, 11) is 4.02. The van der Waals surface area contributed by atoms with Gasteiger partial charge in [-0.3, -0.25) is 14.9 Å². The van der Waals surface area contributed by atoms with Crippen LogP contribution in [-0.4, -0.2) is 52.2 Å². The molecule has 36 heavy (non-hydrogen) atoms. The van der Waals surface area contributed by atoms with Crippen LogP contribution in [-0.2, 0) is 17.6 Å². The third kappa shape index (κ3) is 6.22. The standard InChI is InChI=1S/C28H29N5O3/c1-31(2)26(17-21-9-5-3-6-10-21)19-29-27(34)18-23-20-32(24-11-7-4-8-12-24)30-28(23)22-13-15-25(16-14-22)33(35)36/h3-16,20,26H,17-19H2,1-2H3,(H,29,34). The van der Waals surface area contributed by atoms with E-state index in [9.17, 15) is 14.9 Å². The smallest absolute Gasteiger partial charge is 0.269 e. The van der Waals surface area contributed by atoms with Crippen LogP contribution in [0.1, 0.15) is 11.1 Å². The molecule has 0 aliphatic carbocycles. The number of non-ortho nitro benzene ring substituents is 1. The lowest BCUT2D eigenvalue weighted by molar-refractivity contribution is -0.384. The van der Waals surface area contributed by atoms with Gasteiger partial charge in [-0.1, -0.05) is 48.5 Å². The number of benzene rings is 3. The van der Waals surface area contributed by atoms with Crippen molar-refractivity contribution in [1.82, 2.24) is 20.0 Å². The first-order valence-electron chi connectivity index (χ1n) is 11.8. The molecule has 4 rings (SSSR count). The molecule has 1 N–H and O–H groups in total. The molecule has 4 aromatic rings. The van der Waals surface area contributed by atoms with Gasteiger partial charge in [0.15, 0.2) is 0 Å². The van der Waals surface area contributed by atoms with Crippen molar-refractivity contribution in [1.29, 1.82) is 0 Å². The van der Waals surface area contributed by atoms with E-state index in [0.717, 1.165) is 17.7 Å². The van der Waals surface area contributed by atoms with Gasteiger partial charge in [-0.15, -0.1) is 0 Å². The Bertz CT molecular complexity index is 1300. The van der Waals surface area contributed by atoms with E-state index in [1.54, 1.807) is 16.8 Å². The fourth-order valence-electron chi connectivity index (χ4n) is 4.03. The number of nitro groups is 1. The molecule has 0 saturated heterocycles. The fourth-order valence-corrected chi connectivity index (χ4v) is 4.03. The predicted octanol–water partition coefficient (Wildman–Crippen LogP) is 4.28. The summed E-state index contributed by atoms with van der Waals surface area (Å²) in [6.45, 7) is 0.514. The van der Waals surface area contributed by atoms with Gasteiger partial charge >= 0.3 is 0 Å². The van der Waals surface area contributed by atoms with E-state index in [1.165, 1.54) is 17.7 Å². The van der Waals surface area contributed by atoms with Crippen molar-refractivity contribution in [2.45, 2.75) is 18.9 Å². The average molecular weight is 484 g/mol. The molecule has 0 aliphatic heterocycles. The summed E-state index contributed by atoms with van der Waals surface area (Å²) in [4.78, 5) is 25.8. The lowest BCUT2D eigenvalue weighted by Crippen LogP contribution is -2.42. The van der Waals surface area contributed by atoms with Gasteiger partial charge < -0.3 is 10.2 Å². The van der Waals surface area contributed by atoms with Crippen molar-refractivity contribution in [3.8, 4) is 16.9 Å². The van der Waals surface area contributed by atoms with Gasteiger partial charge in [0.1, 0.15) is 0 Å². The number of para-hydroxylation sites is 1. The highest BCUT2D eigenvalue weighted by atomic mass is 16.6. The summed E-state index contributed by atoms with van der Waals surface area (Å²) in [5, 5.41) is 18.9. The van der Waals surface area contributed by atoms with E-state index in [-0.39, 0.29) is 24.1 Å². The Labute approximate surface area is 210 Å². The highest BCUT2D eigenvalue weighted by Gasteiger charge is 2.18. The Balaban J connectivity index is 1.53. The van der Waals surface area contributed by atoms with Crippen molar-refractivity contribution >= 4 is 11.6 Å². The number of aromatic nitrogens is 2. The molecule has 0 fully saturated rings. The van der Waals surface area contributed by atoms with Crippen molar-refractivity contribution in [3.05, 3.63) is 112 Å². The quantitative estimate of drug-likeness (QED) is 0.268. The van der Waals surface area contributed by atoms with Gasteiger partial charge in [0.05, 0.1) is 22.7 Å². The molecule has 1 aromatic heterocycles. The largest absolute Gasteiger partial charge is 0.354 e. The zero-order chi connectivity index (χ0) is 25.5. The van der Waals surface area contributed by atoms with Gasteiger partial charge in [0, 0.05) is 42.0 Å². The minimum atomic E-state index is -0.433. The Hall–Kier alpha value is -4.30. The number of hydrogen-bond acceptors (Lipinski definition) is 5. The van der Waals surface area contributed by atoms with Crippen LogP contribution in [0.3, 0.4) is 0 Å². The highest BCUT2D eigenvalue weighted by Crippen LogP contribution is 2.26. The topological polar surface area (TPSA) is 93.3 Å². The van der Waals surface area contributed by atoms with E-state index >= 15 is 0 Å². The van der Waals surface area contributed by atoms with E-state index < -0.39 is 4.92 Å². The van der Waals surface area contributed by atoms with E-state index in [0.29, 0.717) is 17.8 Å².